The molecule has 3 heterocycles. The quantitative estimate of drug-likeness (QED) is 0.270. The first kappa shape index (κ1) is 23.3. The molecule has 0 saturated heterocycles. The molecule has 1 saturated carbocycles. The molecule has 36 heavy (non-hydrogen) atoms. The zero-order valence-corrected chi connectivity index (χ0v) is 18.5. The standard InChI is InChI=1S/C22H19F3N8O3/c23-9-4-12-13(7-26-16(12)14(24)5-9)19-27-8-15(25)20(30-19)28-10-2-1-3-11(6-10)29-21(34)17-18(22(35)36)32-33-31-17/h4-5,7-8,10-11,26H,1-3,6H2,(H,29,34)(H,35,36)(H,27,28,30)(H,31,32,33)/t10-,11+/m0/s1. The van der Waals surface area contributed by atoms with Crippen LogP contribution in [-0.4, -0.2) is 59.4 Å². The molecule has 186 valence electrons. The van der Waals surface area contributed by atoms with E-state index in [1.54, 1.807) is 0 Å². The van der Waals surface area contributed by atoms with Gasteiger partial charge in [-0.15, -0.1) is 10.2 Å². The Balaban J connectivity index is 1.32. The number of rotatable bonds is 6. The number of carbonyl (C=O) groups excluding carboxylic acids is 1. The van der Waals surface area contributed by atoms with Gasteiger partial charge in [-0.1, -0.05) is 0 Å². The largest absolute Gasteiger partial charge is 0.476 e. The van der Waals surface area contributed by atoms with Crippen LogP contribution in [0.4, 0.5) is 19.0 Å². The number of anilines is 1. The van der Waals surface area contributed by atoms with Gasteiger partial charge in [-0.25, -0.2) is 27.9 Å². The van der Waals surface area contributed by atoms with Crippen molar-refractivity contribution in [3.05, 3.63) is 53.4 Å². The summed E-state index contributed by atoms with van der Waals surface area (Å²) in [6.45, 7) is 0. The van der Waals surface area contributed by atoms with Crippen molar-refractivity contribution in [2.75, 3.05) is 5.32 Å². The third-order valence-corrected chi connectivity index (χ3v) is 6.01. The van der Waals surface area contributed by atoms with Crippen molar-refractivity contribution in [1.82, 2.24) is 35.7 Å². The molecule has 0 spiro atoms. The average Bonchev–Trinajstić information content (AvgIpc) is 3.49. The first-order valence-corrected chi connectivity index (χ1v) is 11.0. The van der Waals surface area contributed by atoms with E-state index in [2.05, 4.69) is 41.0 Å². The van der Waals surface area contributed by atoms with Crippen LogP contribution in [0.15, 0.2) is 24.5 Å². The van der Waals surface area contributed by atoms with Gasteiger partial charge in [0.05, 0.1) is 11.7 Å². The first-order chi connectivity index (χ1) is 17.3. The van der Waals surface area contributed by atoms with Gasteiger partial charge >= 0.3 is 5.97 Å². The number of aromatic carboxylic acids is 1. The minimum absolute atomic E-state index is 0.0723. The zero-order chi connectivity index (χ0) is 25.4. The zero-order valence-electron chi connectivity index (χ0n) is 18.5. The number of hydrogen-bond acceptors (Lipinski definition) is 7. The predicted octanol–water partition coefficient (Wildman–Crippen LogP) is 3.01. The van der Waals surface area contributed by atoms with Gasteiger partial charge in [0, 0.05) is 35.3 Å². The Morgan fingerprint density at radius 3 is 2.64 bits per heavy atom. The highest BCUT2D eigenvalue weighted by Crippen LogP contribution is 2.30. The van der Waals surface area contributed by atoms with E-state index in [9.17, 15) is 22.8 Å². The molecule has 1 amide bonds. The Hall–Kier alpha value is -4.49. The number of aromatic nitrogens is 6. The highest BCUT2D eigenvalue weighted by atomic mass is 19.1. The maximum atomic E-state index is 14.6. The normalized spacial score (nSPS) is 17.8. The van der Waals surface area contributed by atoms with Crippen molar-refractivity contribution in [1.29, 1.82) is 0 Å². The average molecular weight is 500 g/mol. The van der Waals surface area contributed by atoms with Crippen molar-refractivity contribution in [3.63, 3.8) is 0 Å². The highest BCUT2D eigenvalue weighted by molar-refractivity contribution is 6.02. The molecule has 1 fully saturated rings. The number of hydrogen-bond donors (Lipinski definition) is 5. The second-order valence-corrected chi connectivity index (χ2v) is 8.41. The third-order valence-electron chi connectivity index (χ3n) is 6.01. The van der Waals surface area contributed by atoms with E-state index in [0.717, 1.165) is 18.3 Å². The summed E-state index contributed by atoms with van der Waals surface area (Å²) < 4.78 is 42.4. The number of carboxylic acids is 1. The molecular weight excluding hydrogens is 481 g/mol. The number of halogens is 3. The topological polar surface area (TPSA) is 162 Å². The molecule has 11 nitrogen and oxygen atoms in total. The van der Waals surface area contributed by atoms with Crippen LogP contribution >= 0.6 is 0 Å². The van der Waals surface area contributed by atoms with Gasteiger partial charge in [-0.3, -0.25) is 4.79 Å². The lowest BCUT2D eigenvalue weighted by Gasteiger charge is -2.30. The second-order valence-electron chi connectivity index (χ2n) is 8.41. The Morgan fingerprint density at radius 1 is 1.06 bits per heavy atom. The Morgan fingerprint density at radius 2 is 1.83 bits per heavy atom. The smallest absolute Gasteiger partial charge is 0.358 e. The van der Waals surface area contributed by atoms with Gasteiger partial charge in [0.1, 0.15) is 11.6 Å². The number of carbonyl (C=O) groups is 2. The van der Waals surface area contributed by atoms with Gasteiger partial charge in [0.15, 0.2) is 23.2 Å². The number of carboxylic acid groups (broad SMARTS) is 1. The summed E-state index contributed by atoms with van der Waals surface area (Å²) in [5.41, 5.74) is -0.416. The van der Waals surface area contributed by atoms with Crippen LogP contribution in [0.25, 0.3) is 22.3 Å². The van der Waals surface area contributed by atoms with Crippen LogP contribution in [0.2, 0.25) is 0 Å². The van der Waals surface area contributed by atoms with Gasteiger partial charge in [-0.2, -0.15) is 5.21 Å². The van der Waals surface area contributed by atoms with Crippen LogP contribution in [0.3, 0.4) is 0 Å². The van der Waals surface area contributed by atoms with E-state index >= 15 is 0 Å². The summed E-state index contributed by atoms with van der Waals surface area (Å²) in [5.74, 6) is -4.33. The van der Waals surface area contributed by atoms with E-state index < -0.39 is 35.0 Å². The molecule has 1 aliphatic carbocycles. The number of nitrogens with zero attached hydrogens (tertiary/aromatic N) is 4. The minimum atomic E-state index is -1.38. The molecule has 0 aliphatic heterocycles. The van der Waals surface area contributed by atoms with Crippen molar-refractivity contribution >= 4 is 28.6 Å². The van der Waals surface area contributed by atoms with Crippen LogP contribution in [0, 0.1) is 17.5 Å². The Kier molecular flexibility index (Phi) is 6.00. The van der Waals surface area contributed by atoms with Gasteiger partial charge in [0.2, 0.25) is 5.69 Å². The summed E-state index contributed by atoms with van der Waals surface area (Å²) >= 11 is 0. The number of H-pyrrole nitrogens is 2. The third kappa shape index (κ3) is 4.44. The van der Waals surface area contributed by atoms with E-state index in [1.165, 1.54) is 6.20 Å². The number of nitrogens with one attached hydrogen (secondary N) is 4. The van der Waals surface area contributed by atoms with E-state index in [-0.39, 0.29) is 40.3 Å². The van der Waals surface area contributed by atoms with E-state index in [0.29, 0.717) is 31.2 Å². The van der Waals surface area contributed by atoms with E-state index in [1.807, 2.05) is 0 Å². The van der Waals surface area contributed by atoms with Crippen LogP contribution in [0.1, 0.15) is 46.7 Å². The molecular formula is C22H19F3N8O3. The summed E-state index contributed by atoms with van der Waals surface area (Å²) in [5, 5.41) is 24.3. The molecule has 5 rings (SSSR count). The van der Waals surface area contributed by atoms with Gasteiger partial charge < -0.3 is 20.7 Å². The molecule has 0 unspecified atom stereocenters. The molecule has 2 atom stereocenters. The fraction of sp³-hybridized carbons (Fsp3) is 0.273. The fourth-order valence-corrected chi connectivity index (χ4v) is 4.38. The van der Waals surface area contributed by atoms with Crippen molar-refractivity contribution in [2.45, 2.75) is 37.8 Å². The Labute approximate surface area is 200 Å². The number of benzene rings is 1. The van der Waals surface area contributed by atoms with Crippen molar-refractivity contribution in [3.8, 4) is 11.4 Å². The fourth-order valence-electron chi connectivity index (χ4n) is 4.38. The SMILES string of the molecule is O=C(O)c1n[nH]nc1C(=O)N[C@@H]1CCC[C@H](Nc2nc(-c3c[nH]c4c(F)cc(F)cc34)ncc2F)C1. The molecule has 1 aliphatic rings. The molecule has 1 aromatic carbocycles. The van der Waals surface area contributed by atoms with Crippen molar-refractivity contribution in [2.24, 2.45) is 0 Å². The number of aromatic amines is 2. The molecule has 5 N–H and O–H groups in total. The summed E-state index contributed by atoms with van der Waals surface area (Å²) in [6.07, 6.45) is 4.81. The first-order valence-electron chi connectivity index (χ1n) is 11.0. The van der Waals surface area contributed by atoms with Crippen molar-refractivity contribution < 1.29 is 27.9 Å². The second kappa shape index (κ2) is 9.28. The van der Waals surface area contributed by atoms with Crippen LogP contribution in [0.5, 0.6) is 0 Å². The van der Waals surface area contributed by atoms with Crippen LogP contribution < -0.4 is 10.6 Å². The monoisotopic (exact) mass is 500 g/mol. The molecule has 0 bridgehead atoms. The summed E-state index contributed by atoms with van der Waals surface area (Å²) in [6, 6.07) is 1.30. The van der Waals surface area contributed by atoms with Crippen LogP contribution in [-0.2, 0) is 0 Å². The molecule has 14 heteroatoms. The molecule has 0 radical (unpaired) electrons. The molecule has 3 aromatic heterocycles. The summed E-state index contributed by atoms with van der Waals surface area (Å²) in [7, 11) is 0. The lowest BCUT2D eigenvalue weighted by Crippen LogP contribution is -2.42. The minimum Gasteiger partial charge on any atom is -0.476 e. The van der Waals surface area contributed by atoms with E-state index in [4.69, 9.17) is 5.11 Å². The lowest BCUT2D eigenvalue weighted by molar-refractivity contribution is 0.0683. The predicted molar refractivity (Wildman–Crippen MR) is 120 cm³/mol. The lowest BCUT2D eigenvalue weighted by atomic mass is 9.91. The van der Waals surface area contributed by atoms with Gasteiger partial charge in [0.25, 0.3) is 5.91 Å². The number of amides is 1. The molecule has 4 aromatic rings. The van der Waals surface area contributed by atoms with Gasteiger partial charge in [-0.05, 0) is 31.7 Å². The summed E-state index contributed by atoms with van der Waals surface area (Å²) in [4.78, 5) is 34.6. The maximum absolute atomic E-state index is 14.6. The highest BCUT2D eigenvalue weighted by Gasteiger charge is 2.28. The Bertz CT molecular complexity index is 1470. The maximum Gasteiger partial charge on any atom is 0.358 e. The number of fused-ring (bicyclic) bond motifs is 1.